The molecule has 0 aliphatic carbocycles. The van der Waals surface area contributed by atoms with E-state index in [-0.39, 0.29) is 6.10 Å². The van der Waals surface area contributed by atoms with Crippen molar-refractivity contribution in [3.05, 3.63) is 0 Å². The molecule has 2 fully saturated rings. The summed E-state index contributed by atoms with van der Waals surface area (Å²) in [4.78, 5) is 0.906. The van der Waals surface area contributed by atoms with Gasteiger partial charge in [-0.3, -0.25) is 0 Å². The van der Waals surface area contributed by atoms with Gasteiger partial charge < -0.3 is 10.1 Å². The molecule has 0 aromatic carbocycles. The molecule has 2 aliphatic rings. The van der Waals surface area contributed by atoms with Gasteiger partial charge in [0.1, 0.15) is 11.1 Å². The molecule has 9 heavy (non-hydrogen) atoms. The number of morpholine rings is 1. The number of fused-ring (bicyclic) bond motifs is 2. The Kier molecular flexibility index (Phi) is 1.20. The van der Waals surface area contributed by atoms with Crippen LogP contribution in [0.4, 0.5) is 0 Å². The fourth-order valence-corrected chi connectivity index (χ4v) is 1.63. The van der Waals surface area contributed by atoms with E-state index in [4.69, 9.17) is 17.0 Å². The van der Waals surface area contributed by atoms with E-state index in [1.807, 2.05) is 0 Å². The highest BCUT2D eigenvalue weighted by Gasteiger charge is 2.32. The predicted octanol–water partition coefficient (Wildman–Crippen LogP) is 0.465. The van der Waals surface area contributed by atoms with Gasteiger partial charge in [0.15, 0.2) is 0 Å². The smallest absolute Gasteiger partial charge is 0.108 e. The monoisotopic (exact) mass is 143 g/mol. The Labute approximate surface area is 59.6 Å². The van der Waals surface area contributed by atoms with E-state index in [0.29, 0.717) is 6.10 Å². The maximum Gasteiger partial charge on any atom is 0.108 e. The third kappa shape index (κ3) is 0.843. The first-order valence-electron chi connectivity index (χ1n) is 3.29. The molecule has 2 saturated heterocycles. The fraction of sp³-hybridized carbons (Fsp3) is 0.833. The standard InChI is InChI=1S/C6H9NOS/c9-6-5-2-1-4(8-5)3-7-6/h4-5H,1-3H2,(H,7,9)/t4-,5+/m0/s1. The van der Waals surface area contributed by atoms with Gasteiger partial charge in [0.05, 0.1) is 6.10 Å². The third-order valence-electron chi connectivity index (χ3n) is 1.90. The highest BCUT2D eigenvalue weighted by atomic mass is 32.1. The van der Waals surface area contributed by atoms with Crippen LogP contribution in [0, 0.1) is 0 Å². The Morgan fingerprint density at radius 2 is 2.44 bits per heavy atom. The number of hydrogen-bond acceptors (Lipinski definition) is 2. The molecular formula is C6H9NOS. The topological polar surface area (TPSA) is 21.3 Å². The largest absolute Gasteiger partial charge is 0.375 e. The average Bonchev–Trinajstić information content (AvgIpc) is 2.25. The highest BCUT2D eigenvalue weighted by Crippen LogP contribution is 2.22. The van der Waals surface area contributed by atoms with E-state index in [0.717, 1.165) is 18.0 Å². The minimum Gasteiger partial charge on any atom is -0.375 e. The summed E-state index contributed by atoms with van der Waals surface area (Å²) in [6.45, 7) is 0.926. The predicted molar refractivity (Wildman–Crippen MR) is 38.5 cm³/mol. The van der Waals surface area contributed by atoms with Crippen LogP contribution in [0.15, 0.2) is 0 Å². The van der Waals surface area contributed by atoms with Gasteiger partial charge in [0.25, 0.3) is 0 Å². The first-order chi connectivity index (χ1) is 4.36. The molecule has 0 aromatic rings. The van der Waals surface area contributed by atoms with Crippen molar-refractivity contribution in [2.24, 2.45) is 0 Å². The Bertz CT molecular complexity index is 148. The Balaban J connectivity index is 2.14. The molecular weight excluding hydrogens is 134 g/mol. The molecule has 0 spiro atoms. The average molecular weight is 143 g/mol. The van der Waals surface area contributed by atoms with Gasteiger partial charge in [-0.1, -0.05) is 12.2 Å². The first kappa shape index (κ1) is 5.62. The van der Waals surface area contributed by atoms with E-state index in [1.165, 1.54) is 6.42 Å². The zero-order chi connectivity index (χ0) is 6.27. The maximum absolute atomic E-state index is 5.51. The lowest BCUT2D eigenvalue weighted by Crippen LogP contribution is -2.42. The van der Waals surface area contributed by atoms with Gasteiger partial charge in [0, 0.05) is 6.54 Å². The second-order valence-electron chi connectivity index (χ2n) is 2.57. The molecule has 2 rings (SSSR count). The van der Waals surface area contributed by atoms with Gasteiger partial charge >= 0.3 is 0 Å². The molecule has 50 valence electrons. The van der Waals surface area contributed by atoms with Crippen molar-refractivity contribution in [2.45, 2.75) is 25.0 Å². The lowest BCUT2D eigenvalue weighted by Gasteiger charge is -2.22. The van der Waals surface area contributed by atoms with Crippen LogP contribution in [0.3, 0.4) is 0 Å². The van der Waals surface area contributed by atoms with Crippen LogP contribution in [0.2, 0.25) is 0 Å². The van der Waals surface area contributed by atoms with Gasteiger partial charge in [-0.15, -0.1) is 0 Å². The van der Waals surface area contributed by atoms with E-state index in [2.05, 4.69) is 5.32 Å². The van der Waals surface area contributed by atoms with Gasteiger partial charge in [-0.2, -0.15) is 0 Å². The van der Waals surface area contributed by atoms with Gasteiger partial charge in [0.2, 0.25) is 0 Å². The Morgan fingerprint density at radius 1 is 1.56 bits per heavy atom. The maximum atomic E-state index is 5.51. The summed E-state index contributed by atoms with van der Waals surface area (Å²) < 4.78 is 5.51. The minimum atomic E-state index is 0.249. The van der Waals surface area contributed by atoms with Crippen molar-refractivity contribution in [2.75, 3.05) is 6.54 Å². The molecule has 3 heteroatoms. The Morgan fingerprint density at radius 3 is 3.22 bits per heavy atom. The van der Waals surface area contributed by atoms with E-state index < -0.39 is 0 Å². The molecule has 2 atom stereocenters. The molecule has 0 saturated carbocycles. The summed E-state index contributed by atoms with van der Waals surface area (Å²) in [6.07, 6.45) is 2.99. The molecule has 0 aromatic heterocycles. The van der Waals surface area contributed by atoms with Crippen LogP contribution >= 0.6 is 12.2 Å². The molecule has 2 heterocycles. The molecule has 0 unspecified atom stereocenters. The van der Waals surface area contributed by atoms with Crippen LogP contribution in [0.25, 0.3) is 0 Å². The lowest BCUT2D eigenvalue weighted by atomic mass is 10.2. The second kappa shape index (κ2) is 1.92. The molecule has 1 N–H and O–H groups in total. The van der Waals surface area contributed by atoms with Crippen molar-refractivity contribution >= 4 is 17.2 Å². The minimum absolute atomic E-state index is 0.249. The van der Waals surface area contributed by atoms with Crippen molar-refractivity contribution in [1.29, 1.82) is 0 Å². The number of hydrogen-bond donors (Lipinski definition) is 1. The van der Waals surface area contributed by atoms with E-state index in [9.17, 15) is 0 Å². The first-order valence-corrected chi connectivity index (χ1v) is 3.70. The highest BCUT2D eigenvalue weighted by molar-refractivity contribution is 7.80. The van der Waals surface area contributed by atoms with Crippen LogP contribution in [-0.4, -0.2) is 23.7 Å². The zero-order valence-corrected chi connectivity index (χ0v) is 5.91. The number of ether oxygens (including phenoxy) is 1. The van der Waals surface area contributed by atoms with Crippen LogP contribution < -0.4 is 5.32 Å². The normalized spacial score (nSPS) is 40.7. The lowest BCUT2D eigenvalue weighted by molar-refractivity contribution is 0.0686. The van der Waals surface area contributed by atoms with Gasteiger partial charge in [-0.25, -0.2) is 0 Å². The Hall–Kier alpha value is -0.150. The van der Waals surface area contributed by atoms with Crippen molar-refractivity contribution < 1.29 is 4.74 Å². The summed E-state index contributed by atoms with van der Waals surface area (Å²) in [5.74, 6) is 0. The summed E-state index contributed by atoms with van der Waals surface area (Å²) in [5.41, 5.74) is 0. The van der Waals surface area contributed by atoms with Crippen LogP contribution in [0.1, 0.15) is 12.8 Å². The summed E-state index contributed by atoms with van der Waals surface area (Å²) in [6, 6.07) is 0. The zero-order valence-electron chi connectivity index (χ0n) is 5.09. The summed E-state index contributed by atoms with van der Waals surface area (Å²) >= 11 is 5.02. The van der Waals surface area contributed by atoms with Gasteiger partial charge in [-0.05, 0) is 12.8 Å². The SMILES string of the molecule is S=C1NC[C@@H]2CC[C@H]1O2. The van der Waals surface area contributed by atoms with E-state index in [1.54, 1.807) is 0 Å². The molecule has 2 bridgehead atoms. The van der Waals surface area contributed by atoms with E-state index >= 15 is 0 Å². The number of thiocarbonyl (C=S) groups is 1. The summed E-state index contributed by atoms with van der Waals surface area (Å²) in [5, 5.41) is 3.15. The second-order valence-corrected chi connectivity index (χ2v) is 3.01. The molecule has 2 nitrogen and oxygen atoms in total. The molecule has 0 radical (unpaired) electrons. The molecule has 0 amide bonds. The van der Waals surface area contributed by atoms with Crippen molar-refractivity contribution in [1.82, 2.24) is 5.32 Å². The fourth-order valence-electron chi connectivity index (χ4n) is 1.38. The van der Waals surface area contributed by atoms with Crippen molar-refractivity contribution in [3.63, 3.8) is 0 Å². The van der Waals surface area contributed by atoms with Crippen molar-refractivity contribution in [3.8, 4) is 0 Å². The summed E-state index contributed by atoms with van der Waals surface area (Å²) in [7, 11) is 0. The van der Waals surface area contributed by atoms with Crippen LogP contribution in [0.5, 0.6) is 0 Å². The number of nitrogens with one attached hydrogen (secondary N) is 1. The quantitative estimate of drug-likeness (QED) is 0.498. The van der Waals surface area contributed by atoms with Crippen LogP contribution in [-0.2, 0) is 4.74 Å². The molecule has 2 aliphatic heterocycles. The third-order valence-corrected chi connectivity index (χ3v) is 2.31. The number of rotatable bonds is 0.